The Labute approximate surface area is 108 Å². The van der Waals surface area contributed by atoms with Crippen molar-refractivity contribution in [3.05, 3.63) is 41.7 Å². The van der Waals surface area contributed by atoms with E-state index in [0.29, 0.717) is 17.0 Å². The van der Waals surface area contributed by atoms with Crippen LogP contribution in [0, 0.1) is 11.6 Å². The summed E-state index contributed by atoms with van der Waals surface area (Å²) < 4.78 is 29.2. The summed E-state index contributed by atoms with van der Waals surface area (Å²) in [5.74, 6) is -1.09. The number of rotatable bonds is 4. The number of nitrogens with one attached hydrogen (secondary N) is 1. The quantitative estimate of drug-likeness (QED) is 0.925. The van der Waals surface area contributed by atoms with Gasteiger partial charge in [0.05, 0.1) is 16.0 Å². The van der Waals surface area contributed by atoms with Crippen LogP contribution in [0.4, 0.5) is 8.78 Å². The number of aromatic nitrogens is 2. The van der Waals surface area contributed by atoms with Gasteiger partial charge in [-0.25, -0.2) is 8.78 Å². The van der Waals surface area contributed by atoms with Gasteiger partial charge < -0.3 is 5.32 Å². The van der Waals surface area contributed by atoms with Gasteiger partial charge in [-0.3, -0.25) is 4.68 Å². The zero-order valence-electron chi connectivity index (χ0n) is 10.1. The highest BCUT2D eigenvalue weighted by molar-refractivity contribution is 7.99. The van der Waals surface area contributed by atoms with Gasteiger partial charge in [0.2, 0.25) is 0 Å². The van der Waals surface area contributed by atoms with Gasteiger partial charge in [0.25, 0.3) is 0 Å². The minimum Gasteiger partial charge on any atom is -0.316 e. The maximum atomic E-state index is 13.8. The molecule has 0 spiro atoms. The molecule has 0 saturated heterocycles. The normalized spacial score (nSPS) is 10.9. The van der Waals surface area contributed by atoms with Gasteiger partial charge in [0.15, 0.2) is 0 Å². The molecule has 0 saturated carbocycles. The Morgan fingerprint density at radius 3 is 2.50 bits per heavy atom. The fourth-order valence-electron chi connectivity index (χ4n) is 1.59. The molecule has 3 nitrogen and oxygen atoms in total. The van der Waals surface area contributed by atoms with E-state index >= 15 is 0 Å². The molecular formula is C12H13F2N3S. The maximum Gasteiger partial charge on any atom is 0.140 e. The smallest absolute Gasteiger partial charge is 0.140 e. The molecule has 0 bridgehead atoms. The summed E-state index contributed by atoms with van der Waals surface area (Å²) in [6.45, 7) is 0.436. The summed E-state index contributed by atoms with van der Waals surface area (Å²) in [4.78, 5) is 0.708. The summed E-state index contributed by atoms with van der Waals surface area (Å²) >= 11 is 1.03. The molecule has 1 aromatic carbocycles. The Morgan fingerprint density at radius 1 is 1.33 bits per heavy atom. The molecule has 0 aliphatic carbocycles. The Bertz CT molecular complexity index is 531. The third-order valence-electron chi connectivity index (χ3n) is 2.34. The zero-order chi connectivity index (χ0) is 13.1. The molecule has 96 valence electrons. The highest BCUT2D eigenvalue weighted by Gasteiger charge is 2.13. The SMILES string of the molecule is CNCc1cc(F)c(Sc2cnn(C)c2)c(F)c1. The van der Waals surface area contributed by atoms with Crippen LogP contribution < -0.4 is 5.32 Å². The first-order valence-electron chi connectivity index (χ1n) is 5.39. The zero-order valence-corrected chi connectivity index (χ0v) is 10.9. The number of nitrogens with zero attached hydrogens (tertiary/aromatic N) is 2. The van der Waals surface area contributed by atoms with Crippen LogP contribution in [-0.4, -0.2) is 16.8 Å². The van der Waals surface area contributed by atoms with Crippen LogP contribution in [0.25, 0.3) is 0 Å². The molecule has 6 heteroatoms. The first-order valence-corrected chi connectivity index (χ1v) is 6.21. The van der Waals surface area contributed by atoms with Crippen molar-refractivity contribution in [2.24, 2.45) is 7.05 Å². The molecule has 0 radical (unpaired) electrons. The molecule has 1 N–H and O–H groups in total. The van der Waals surface area contributed by atoms with E-state index in [1.54, 1.807) is 31.2 Å². The summed E-state index contributed by atoms with van der Waals surface area (Å²) in [5, 5.41) is 6.82. The van der Waals surface area contributed by atoms with Gasteiger partial charge in [-0.15, -0.1) is 0 Å². The first-order chi connectivity index (χ1) is 8.60. The van der Waals surface area contributed by atoms with E-state index in [2.05, 4.69) is 10.4 Å². The van der Waals surface area contributed by atoms with Crippen LogP contribution in [0.3, 0.4) is 0 Å². The van der Waals surface area contributed by atoms with E-state index < -0.39 is 11.6 Å². The van der Waals surface area contributed by atoms with Gasteiger partial charge in [-0.1, -0.05) is 11.8 Å². The molecule has 0 aliphatic rings. The minimum absolute atomic E-state index is 0.00264. The molecule has 18 heavy (non-hydrogen) atoms. The van der Waals surface area contributed by atoms with Crippen LogP contribution in [0.1, 0.15) is 5.56 Å². The third-order valence-corrected chi connectivity index (χ3v) is 3.38. The molecule has 0 amide bonds. The van der Waals surface area contributed by atoms with Crippen molar-refractivity contribution in [2.45, 2.75) is 16.3 Å². The van der Waals surface area contributed by atoms with Gasteiger partial charge in [-0.05, 0) is 24.7 Å². The molecule has 2 aromatic rings. The minimum atomic E-state index is -0.547. The number of halogens is 2. The Hall–Kier alpha value is -1.40. The summed E-state index contributed by atoms with van der Waals surface area (Å²) in [6, 6.07) is 2.69. The van der Waals surface area contributed by atoms with Gasteiger partial charge >= 0.3 is 0 Å². The van der Waals surface area contributed by atoms with Crippen LogP contribution >= 0.6 is 11.8 Å². The Balaban J connectivity index is 2.28. The van der Waals surface area contributed by atoms with Crippen molar-refractivity contribution < 1.29 is 8.78 Å². The van der Waals surface area contributed by atoms with Gasteiger partial charge in [0, 0.05) is 19.8 Å². The van der Waals surface area contributed by atoms with Crippen molar-refractivity contribution >= 4 is 11.8 Å². The number of hydrogen-bond acceptors (Lipinski definition) is 3. The topological polar surface area (TPSA) is 29.9 Å². The molecule has 0 unspecified atom stereocenters. The fourth-order valence-corrected chi connectivity index (χ4v) is 2.44. The lowest BCUT2D eigenvalue weighted by Gasteiger charge is -2.06. The number of benzene rings is 1. The highest BCUT2D eigenvalue weighted by Crippen LogP contribution is 2.32. The summed E-state index contributed by atoms with van der Waals surface area (Å²) in [7, 11) is 3.49. The molecule has 2 rings (SSSR count). The average Bonchev–Trinajstić information content (AvgIpc) is 2.70. The van der Waals surface area contributed by atoms with Crippen LogP contribution in [0.15, 0.2) is 34.3 Å². The molecular weight excluding hydrogens is 256 g/mol. The van der Waals surface area contributed by atoms with Crippen molar-refractivity contribution in [1.29, 1.82) is 0 Å². The van der Waals surface area contributed by atoms with E-state index in [1.165, 1.54) is 12.1 Å². The summed E-state index contributed by atoms with van der Waals surface area (Å²) in [6.07, 6.45) is 3.29. The van der Waals surface area contributed by atoms with Crippen LogP contribution in [0.2, 0.25) is 0 Å². The van der Waals surface area contributed by atoms with Crippen molar-refractivity contribution in [1.82, 2.24) is 15.1 Å². The van der Waals surface area contributed by atoms with E-state index in [4.69, 9.17) is 0 Å². The molecule has 0 aliphatic heterocycles. The number of aryl methyl sites for hydroxylation is 1. The van der Waals surface area contributed by atoms with E-state index in [-0.39, 0.29) is 4.90 Å². The Kier molecular flexibility index (Phi) is 3.98. The van der Waals surface area contributed by atoms with Gasteiger partial charge in [0.1, 0.15) is 11.6 Å². The second-order valence-corrected chi connectivity index (χ2v) is 4.95. The fraction of sp³-hybridized carbons (Fsp3) is 0.250. The first kappa shape index (κ1) is 13.0. The second kappa shape index (κ2) is 5.49. The molecule has 0 fully saturated rings. The molecule has 1 aromatic heterocycles. The Morgan fingerprint density at radius 2 is 2.00 bits per heavy atom. The van der Waals surface area contributed by atoms with Crippen LogP contribution in [-0.2, 0) is 13.6 Å². The van der Waals surface area contributed by atoms with Crippen molar-refractivity contribution in [3.63, 3.8) is 0 Å². The largest absolute Gasteiger partial charge is 0.316 e. The van der Waals surface area contributed by atoms with Crippen LogP contribution in [0.5, 0.6) is 0 Å². The monoisotopic (exact) mass is 269 g/mol. The highest BCUT2D eigenvalue weighted by atomic mass is 32.2. The predicted molar refractivity (Wildman–Crippen MR) is 66.5 cm³/mol. The second-order valence-electron chi connectivity index (χ2n) is 3.87. The molecule has 1 heterocycles. The van der Waals surface area contributed by atoms with E-state index in [0.717, 1.165) is 11.8 Å². The van der Waals surface area contributed by atoms with E-state index in [9.17, 15) is 8.78 Å². The maximum absolute atomic E-state index is 13.8. The number of hydrogen-bond donors (Lipinski definition) is 1. The summed E-state index contributed by atoms with van der Waals surface area (Å²) in [5.41, 5.74) is 0.586. The lowest BCUT2D eigenvalue weighted by Crippen LogP contribution is -2.06. The van der Waals surface area contributed by atoms with Crippen molar-refractivity contribution in [3.8, 4) is 0 Å². The lowest BCUT2D eigenvalue weighted by molar-refractivity contribution is 0.536. The standard InChI is InChI=1S/C12H13F2N3S/c1-15-5-8-3-10(13)12(11(14)4-8)18-9-6-16-17(2)7-9/h3-4,6-7,15H,5H2,1-2H3. The predicted octanol–water partition coefficient (Wildman–Crippen LogP) is 2.57. The average molecular weight is 269 g/mol. The van der Waals surface area contributed by atoms with Gasteiger partial charge in [-0.2, -0.15) is 5.10 Å². The van der Waals surface area contributed by atoms with E-state index in [1.807, 2.05) is 0 Å². The third kappa shape index (κ3) is 2.88. The van der Waals surface area contributed by atoms with Crippen molar-refractivity contribution in [2.75, 3.05) is 7.05 Å². The lowest BCUT2D eigenvalue weighted by atomic mass is 10.2. The molecule has 0 atom stereocenters.